The topological polar surface area (TPSA) is 101 Å². The lowest BCUT2D eigenvalue weighted by Gasteiger charge is -2.26. The van der Waals surface area contributed by atoms with E-state index in [1.165, 1.54) is 15.6 Å². The minimum atomic E-state index is -3.53. The third kappa shape index (κ3) is 4.33. The number of aromatic nitrogens is 2. The quantitative estimate of drug-likeness (QED) is 0.628. The number of fused-ring (bicyclic) bond motifs is 1. The highest BCUT2D eigenvalue weighted by molar-refractivity contribution is 7.89. The van der Waals surface area contributed by atoms with Crippen LogP contribution in [-0.2, 0) is 21.3 Å². The summed E-state index contributed by atoms with van der Waals surface area (Å²) in [5.41, 5.74) is 2.56. The second-order valence-electron chi connectivity index (χ2n) is 7.44. The molecule has 1 aromatic carbocycles. The number of aryl methyl sites for hydroxylation is 3. The van der Waals surface area contributed by atoms with E-state index in [4.69, 9.17) is 4.74 Å². The normalized spacial score (nSPS) is 15.3. The van der Waals surface area contributed by atoms with Gasteiger partial charge in [-0.2, -0.15) is 4.31 Å². The van der Waals surface area contributed by atoms with Crippen LogP contribution in [0.4, 0.5) is 0 Å². The first kappa shape index (κ1) is 21.8. The SMILES string of the molecule is Cc1nc(C)c2c(C)c(C(=O)NCc3ccc(S(=O)(=O)N4CCOCC4)cc3)sc2n1. The van der Waals surface area contributed by atoms with Gasteiger partial charge in [-0.3, -0.25) is 4.79 Å². The van der Waals surface area contributed by atoms with Gasteiger partial charge in [0.05, 0.1) is 23.0 Å². The first-order valence-corrected chi connectivity index (χ1v) is 12.2. The lowest BCUT2D eigenvalue weighted by atomic mass is 10.1. The van der Waals surface area contributed by atoms with Crippen LogP contribution in [0, 0.1) is 20.8 Å². The van der Waals surface area contributed by atoms with Gasteiger partial charge in [0.2, 0.25) is 10.0 Å². The van der Waals surface area contributed by atoms with Gasteiger partial charge in [0.1, 0.15) is 10.7 Å². The molecule has 0 atom stereocenters. The molecule has 31 heavy (non-hydrogen) atoms. The highest BCUT2D eigenvalue weighted by Crippen LogP contribution is 2.31. The number of rotatable bonds is 5. The molecular formula is C21H24N4O4S2. The van der Waals surface area contributed by atoms with Crippen molar-refractivity contribution in [2.24, 2.45) is 0 Å². The monoisotopic (exact) mass is 460 g/mol. The number of morpholine rings is 1. The molecule has 1 fully saturated rings. The average molecular weight is 461 g/mol. The zero-order chi connectivity index (χ0) is 22.2. The van der Waals surface area contributed by atoms with Crippen molar-refractivity contribution in [2.75, 3.05) is 26.3 Å². The van der Waals surface area contributed by atoms with Crippen LogP contribution in [0.3, 0.4) is 0 Å². The molecule has 3 aromatic rings. The summed E-state index contributed by atoms with van der Waals surface area (Å²) in [6.07, 6.45) is 0. The van der Waals surface area contributed by atoms with E-state index < -0.39 is 10.0 Å². The first-order chi connectivity index (χ1) is 14.8. The molecule has 1 N–H and O–H groups in total. The van der Waals surface area contributed by atoms with Crippen molar-refractivity contribution < 1.29 is 17.9 Å². The molecule has 1 saturated heterocycles. The van der Waals surface area contributed by atoms with Gasteiger partial charge in [-0.25, -0.2) is 18.4 Å². The van der Waals surface area contributed by atoms with Gasteiger partial charge >= 0.3 is 0 Å². The van der Waals surface area contributed by atoms with Gasteiger partial charge in [-0.05, 0) is 44.0 Å². The molecule has 0 radical (unpaired) electrons. The average Bonchev–Trinajstić information content (AvgIpc) is 3.09. The van der Waals surface area contributed by atoms with E-state index >= 15 is 0 Å². The van der Waals surface area contributed by atoms with Crippen LogP contribution in [-0.4, -0.2) is 54.9 Å². The Morgan fingerprint density at radius 2 is 1.81 bits per heavy atom. The van der Waals surface area contributed by atoms with Gasteiger partial charge < -0.3 is 10.1 Å². The van der Waals surface area contributed by atoms with Gasteiger partial charge in [-0.15, -0.1) is 11.3 Å². The number of hydrogen-bond donors (Lipinski definition) is 1. The molecule has 0 saturated carbocycles. The van der Waals surface area contributed by atoms with Gasteiger partial charge in [0.25, 0.3) is 5.91 Å². The van der Waals surface area contributed by atoms with E-state index in [1.54, 1.807) is 24.3 Å². The highest BCUT2D eigenvalue weighted by atomic mass is 32.2. The van der Waals surface area contributed by atoms with E-state index in [9.17, 15) is 13.2 Å². The molecular weight excluding hydrogens is 436 g/mol. The van der Waals surface area contributed by atoms with E-state index in [2.05, 4.69) is 15.3 Å². The van der Waals surface area contributed by atoms with E-state index in [0.29, 0.717) is 43.5 Å². The molecule has 0 spiro atoms. The Labute approximate surface area is 185 Å². The molecule has 1 aliphatic heterocycles. The summed E-state index contributed by atoms with van der Waals surface area (Å²) in [6, 6.07) is 6.62. The minimum Gasteiger partial charge on any atom is -0.379 e. The van der Waals surface area contributed by atoms with Gasteiger partial charge in [0.15, 0.2) is 0 Å². The Morgan fingerprint density at radius 3 is 2.48 bits per heavy atom. The van der Waals surface area contributed by atoms with Crippen molar-refractivity contribution in [1.82, 2.24) is 19.6 Å². The summed E-state index contributed by atoms with van der Waals surface area (Å²) in [6.45, 7) is 7.50. The predicted octanol–water partition coefficient (Wildman–Crippen LogP) is 2.57. The van der Waals surface area contributed by atoms with Crippen LogP contribution >= 0.6 is 11.3 Å². The summed E-state index contributed by atoms with van der Waals surface area (Å²) in [5.74, 6) is 0.507. The Morgan fingerprint density at radius 1 is 1.13 bits per heavy atom. The zero-order valence-electron chi connectivity index (χ0n) is 17.6. The molecule has 1 amide bonds. The van der Waals surface area contributed by atoms with Gasteiger partial charge in [0, 0.05) is 30.7 Å². The summed E-state index contributed by atoms with van der Waals surface area (Å²) in [5, 5.41) is 3.85. The van der Waals surface area contributed by atoms with Crippen LogP contribution < -0.4 is 5.32 Å². The number of amides is 1. The Hall–Kier alpha value is -2.40. The third-order valence-corrected chi connectivity index (χ3v) is 8.37. The number of ether oxygens (including phenoxy) is 1. The summed E-state index contributed by atoms with van der Waals surface area (Å²) >= 11 is 1.36. The standard InChI is InChI=1S/C21H24N4O4S2/c1-13-18-14(2)23-15(3)24-21(18)30-19(13)20(26)22-12-16-4-6-17(7-5-16)31(27,28)25-8-10-29-11-9-25/h4-7H,8-12H2,1-3H3,(H,22,26). The number of benzene rings is 1. The lowest BCUT2D eigenvalue weighted by molar-refractivity contribution is 0.0730. The molecule has 10 heteroatoms. The molecule has 0 aliphatic carbocycles. The van der Waals surface area contributed by atoms with Crippen LogP contribution in [0.5, 0.6) is 0 Å². The molecule has 4 rings (SSSR count). The maximum absolute atomic E-state index is 12.8. The maximum atomic E-state index is 12.8. The van der Waals surface area contributed by atoms with Crippen molar-refractivity contribution >= 4 is 37.5 Å². The summed E-state index contributed by atoms with van der Waals surface area (Å²) in [4.78, 5) is 23.3. The maximum Gasteiger partial charge on any atom is 0.261 e. The van der Waals surface area contributed by atoms with E-state index in [1.807, 2.05) is 20.8 Å². The molecule has 1 aliphatic rings. The number of hydrogen-bond acceptors (Lipinski definition) is 7. The zero-order valence-corrected chi connectivity index (χ0v) is 19.3. The van der Waals surface area contributed by atoms with Crippen molar-refractivity contribution in [2.45, 2.75) is 32.2 Å². The third-order valence-electron chi connectivity index (χ3n) is 5.27. The molecule has 2 aromatic heterocycles. The van der Waals surface area contributed by atoms with Crippen molar-refractivity contribution in [3.05, 3.63) is 51.8 Å². The fraction of sp³-hybridized carbons (Fsp3) is 0.381. The highest BCUT2D eigenvalue weighted by Gasteiger charge is 2.26. The van der Waals surface area contributed by atoms with Gasteiger partial charge in [-0.1, -0.05) is 12.1 Å². The number of sulfonamides is 1. The van der Waals surface area contributed by atoms with Crippen molar-refractivity contribution in [3.63, 3.8) is 0 Å². The fourth-order valence-electron chi connectivity index (χ4n) is 3.67. The number of carbonyl (C=O) groups excluding carboxylic acids is 1. The van der Waals surface area contributed by atoms with E-state index in [0.717, 1.165) is 27.0 Å². The summed E-state index contributed by atoms with van der Waals surface area (Å²) < 4.78 is 32.1. The Kier molecular flexibility index (Phi) is 6.07. The largest absolute Gasteiger partial charge is 0.379 e. The van der Waals surface area contributed by atoms with Crippen LogP contribution in [0.25, 0.3) is 10.2 Å². The smallest absolute Gasteiger partial charge is 0.261 e. The molecule has 0 unspecified atom stereocenters. The second kappa shape index (κ2) is 8.62. The molecule has 0 bridgehead atoms. The molecule has 3 heterocycles. The Bertz CT molecular complexity index is 1230. The van der Waals surface area contributed by atoms with Crippen molar-refractivity contribution in [3.8, 4) is 0 Å². The first-order valence-electron chi connectivity index (χ1n) is 9.97. The van der Waals surface area contributed by atoms with Crippen LogP contribution in [0.15, 0.2) is 29.2 Å². The fourth-order valence-corrected chi connectivity index (χ4v) is 6.27. The Balaban J connectivity index is 1.46. The molecule has 8 nitrogen and oxygen atoms in total. The lowest BCUT2D eigenvalue weighted by Crippen LogP contribution is -2.40. The number of carbonyl (C=O) groups is 1. The number of nitrogens with one attached hydrogen (secondary N) is 1. The van der Waals surface area contributed by atoms with E-state index in [-0.39, 0.29) is 10.8 Å². The minimum absolute atomic E-state index is 0.178. The molecule has 164 valence electrons. The van der Waals surface area contributed by atoms with Crippen LogP contribution in [0.1, 0.15) is 32.3 Å². The number of nitrogens with zero attached hydrogens (tertiary/aromatic N) is 3. The number of thiophene rings is 1. The van der Waals surface area contributed by atoms with Crippen LogP contribution in [0.2, 0.25) is 0 Å². The summed E-state index contributed by atoms with van der Waals surface area (Å²) in [7, 11) is -3.53. The predicted molar refractivity (Wildman–Crippen MR) is 119 cm³/mol. The second-order valence-corrected chi connectivity index (χ2v) is 10.4. The van der Waals surface area contributed by atoms with Crippen molar-refractivity contribution in [1.29, 1.82) is 0 Å².